The van der Waals surface area contributed by atoms with Gasteiger partial charge in [0.1, 0.15) is 0 Å². The van der Waals surface area contributed by atoms with Crippen molar-refractivity contribution in [2.75, 3.05) is 6.61 Å². The summed E-state index contributed by atoms with van der Waals surface area (Å²) in [5.41, 5.74) is 1.38. The zero-order valence-electron chi connectivity index (χ0n) is 9.61. The van der Waals surface area contributed by atoms with E-state index in [0.717, 1.165) is 12.8 Å². The van der Waals surface area contributed by atoms with E-state index in [9.17, 15) is 0 Å². The van der Waals surface area contributed by atoms with Crippen molar-refractivity contribution >= 4 is 0 Å². The molecule has 2 nitrogen and oxygen atoms in total. The molecule has 1 unspecified atom stereocenters. The van der Waals surface area contributed by atoms with Crippen LogP contribution in [-0.2, 0) is 6.42 Å². The molecule has 2 atom stereocenters. The van der Waals surface area contributed by atoms with Crippen LogP contribution >= 0.6 is 0 Å². The molecule has 0 aliphatic heterocycles. The van der Waals surface area contributed by atoms with Crippen molar-refractivity contribution in [3.63, 3.8) is 0 Å². The predicted octanol–water partition coefficient (Wildman–Crippen LogP) is 1.98. The average Bonchev–Trinajstić information content (AvgIpc) is 2.27. The minimum Gasteiger partial charge on any atom is -0.395 e. The summed E-state index contributed by atoms with van der Waals surface area (Å²) >= 11 is 0. The van der Waals surface area contributed by atoms with E-state index in [1.54, 1.807) is 0 Å². The summed E-state index contributed by atoms with van der Waals surface area (Å²) in [6.07, 6.45) is 2.20. The SMILES string of the molecule is CC(CCc1ccccc1)N[C@H](C)CO. The monoisotopic (exact) mass is 207 g/mol. The Labute approximate surface area is 92.3 Å². The van der Waals surface area contributed by atoms with Crippen LogP contribution < -0.4 is 5.32 Å². The average molecular weight is 207 g/mol. The Hall–Kier alpha value is -0.860. The van der Waals surface area contributed by atoms with E-state index >= 15 is 0 Å². The lowest BCUT2D eigenvalue weighted by molar-refractivity contribution is 0.241. The zero-order chi connectivity index (χ0) is 11.1. The van der Waals surface area contributed by atoms with E-state index in [0.29, 0.717) is 6.04 Å². The molecule has 0 saturated heterocycles. The highest BCUT2D eigenvalue weighted by atomic mass is 16.3. The second kappa shape index (κ2) is 6.59. The second-order valence-electron chi connectivity index (χ2n) is 4.18. The first-order valence-corrected chi connectivity index (χ1v) is 5.63. The molecule has 1 aromatic rings. The second-order valence-corrected chi connectivity index (χ2v) is 4.18. The quantitative estimate of drug-likeness (QED) is 0.747. The van der Waals surface area contributed by atoms with Crippen LogP contribution in [0.5, 0.6) is 0 Å². The van der Waals surface area contributed by atoms with Crippen molar-refractivity contribution < 1.29 is 5.11 Å². The molecule has 0 aliphatic carbocycles. The van der Waals surface area contributed by atoms with Gasteiger partial charge in [0.05, 0.1) is 6.61 Å². The van der Waals surface area contributed by atoms with Crippen LogP contribution in [0.1, 0.15) is 25.8 Å². The fourth-order valence-corrected chi connectivity index (χ4v) is 1.65. The van der Waals surface area contributed by atoms with Gasteiger partial charge in [-0.2, -0.15) is 0 Å². The number of aryl methyl sites for hydroxylation is 1. The molecule has 0 fully saturated rings. The van der Waals surface area contributed by atoms with Gasteiger partial charge in [-0.1, -0.05) is 30.3 Å². The van der Waals surface area contributed by atoms with Gasteiger partial charge in [-0.15, -0.1) is 0 Å². The predicted molar refractivity (Wildman–Crippen MR) is 63.9 cm³/mol. The smallest absolute Gasteiger partial charge is 0.0582 e. The Balaban J connectivity index is 2.25. The molecule has 0 bridgehead atoms. The maximum Gasteiger partial charge on any atom is 0.0582 e. The summed E-state index contributed by atoms with van der Waals surface area (Å²) in [4.78, 5) is 0. The molecule has 15 heavy (non-hydrogen) atoms. The molecule has 0 spiro atoms. The third-order valence-corrected chi connectivity index (χ3v) is 2.55. The van der Waals surface area contributed by atoms with Crippen LogP contribution in [0, 0.1) is 0 Å². The third kappa shape index (κ3) is 4.96. The van der Waals surface area contributed by atoms with Gasteiger partial charge in [-0.3, -0.25) is 0 Å². The first-order chi connectivity index (χ1) is 7.22. The van der Waals surface area contributed by atoms with Crippen LogP contribution in [-0.4, -0.2) is 23.8 Å². The van der Waals surface area contributed by atoms with Crippen LogP contribution in [0.25, 0.3) is 0 Å². The highest BCUT2D eigenvalue weighted by Crippen LogP contribution is 2.05. The molecule has 0 saturated carbocycles. The van der Waals surface area contributed by atoms with E-state index in [1.165, 1.54) is 5.56 Å². The Morgan fingerprint density at radius 3 is 2.40 bits per heavy atom. The van der Waals surface area contributed by atoms with Crippen molar-refractivity contribution in [3.05, 3.63) is 35.9 Å². The number of rotatable bonds is 6. The van der Waals surface area contributed by atoms with Gasteiger partial charge in [-0.25, -0.2) is 0 Å². The fourth-order valence-electron chi connectivity index (χ4n) is 1.65. The number of aliphatic hydroxyl groups excluding tert-OH is 1. The molecule has 0 radical (unpaired) electrons. The van der Waals surface area contributed by atoms with Crippen molar-refractivity contribution in [2.24, 2.45) is 0 Å². The number of aliphatic hydroxyl groups is 1. The normalized spacial score (nSPS) is 14.9. The van der Waals surface area contributed by atoms with Crippen molar-refractivity contribution in [1.29, 1.82) is 0 Å². The van der Waals surface area contributed by atoms with Gasteiger partial charge in [0, 0.05) is 12.1 Å². The van der Waals surface area contributed by atoms with Crippen LogP contribution in [0.4, 0.5) is 0 Å². The molecule has 1 rings (SSSR count). The molecule has 1 aromatic carbocycles. The van der Waals surface area contributed by atoms with Crippen LogP contribution in [0.3, 0.4) is 0 Å². The number of hydrogen-bond acceptors (Lipinski definition) is 2. The summed E-state index contributed by atoms with van der Waals surface area (Å²) in [6.45, 7) is 4.36. The highest BCUT2D eigenvalue weighted by Gasteiger charge is 2.05. The van der Waals surface area contributed by atoms with Gasteiger partial charge in [0.2, 0.25) is 0 Å². The highest BCUT2D eigenvalue weighted by molar-refractivity contribution is 5.14. The number of nitrogens with one attached hydrogen (secondary N) is 1. The first-order valence-electron chi connectivity index (χ1n) is 5.63. The van der Waals surface area contributed by atoms with Gasteiger partial charge in [0.25, 0.3) is 0 Å². The first kappa shape index (κ1) is 12.2. The van der Waals surface area contributed by atoms with E-state index in [2.05, 4.69) is 36.5 Å². The number of benzene rings is 1. The lowest BCUT2D eigenvalue weighted by Gasteiger charge is -2.18. The molecule has 0 aromatic heterocycles. The molecular formula is C13H21NO. The fraction of sp³-hybridized carbons (Fsp3) is 0.538. The van der Waals surface area contributed by atoms with Crippen LogP contribution in [0.2, 0.25) is 0 Å². The third-order valence-electron chi connectivity index (χ3n) is 2.55. The molecule has 0 heterocycles. The van der Waals surface area contributed by atoms with E-state index in [-0.39, 0.29) is 12.6 Å². The Kier molecular flexibility index (Phi) is 5.37. The maximum atomic E-state index is 8.91. The van der Waals surface area contributed by atoms with Gasteiger partial charge in [0.15, 0.2) is 0 Å². The van der Waals surface area contributed by atoms with Crippen LogP contribution in [0.15, 0.2) is 30.3 Å². The maximum absolute atomic E-state index is 8.91. The largest absolute Gasteiger partial charge is 0.395 e. The lowest BCUT2D eigenvalue weighted by atomic mass is 10.1. The Morgan fingerprint density at radius 2 is 1.80 bits per heavy atom. The number of hydrogen-bond donors (Lipinski definition) is 2. The van der Waals surface area contributed by atoms with Gasteiger partial charge >= 0.3 is 0 Å². The van der Waals surface area contributed by atoms with Crippen molar-refractivity contribution in [3.8, 4) is 0 Å². The van der Waals surface area contributed by atoms with Crippen molar-refractivity contribution in [2.45, 2.75) is 38.8 Å². The van der Waals surface area contributed by atoms with Crippen molar-refractivity contribution in [1.82, 2.24) is 5.32 Å². The summed E-state index contributed by atoms with van der Waals surface area (Å²) in [5, 5.41) is 12.3. The molecule has 2 N–H and O–H groups in total. The molecule has 84 valence electrons. The summed E-state index contributed by atoms with van der Waals surface area (Å²) in [5.74, 6) is 0. The molecule has 2 heteroatoms. The zero-order valence-corrected chi connectivity index (χ0v) is 9.61. The lowest BCUT2D eigenvalue weighted by Crippen LogP contribution is -2.36. The Bertz CT molecular complexity index is 260. The summed E-state index contributed by atoms with van der Waals surface area (Å²) in [7, 11) is 0. The van der Waals surface area contributed by atoms with E-state index in [4.69, 9.17) is 5.11 Å². The standard InChI is InChI=1S/C13H21NO/c1-11(14-12(2)10-15)8-9-13-6-4-3-5-7-13/h3-7,11-12,14-15H,8-10H2,1-2H3/t11?,12-/m1/s1. The Morgan fingerprint density at radius 1 is 1.13 bits per heavy atom. The minimum atomic E-state index is 0.191. The topological polar surface area (TPSA) is 32.3 Å². The molecule has 0 aliphatic rings. The van der Waals surface area contributed by atoms with Gasteiger partial charge < -0.3 is 10.4 Å². The van der Waals surface area contributed by atoms with E-state index < -0.39 is 0 Å². The summed E-state index contributed by atoms with van der Waals surface area (Å²) in [6, 6.07) is 11.1. The molecular weight excluding hydrogens is 186 g/mol. The molecule has 0 amide bonds. The van der Waals surface area contributed by atoms with E-state index in [1.807, 2.05) is 13.0 Å². The minimum absolute atomic E-state index is 0.191. The summed E-state index contributed by atoms with van der Waals surface area (Å²) < 4.78 is 0. The van der Waals surface area contributed by atoms with Gasteiger partial charge in [-0.05, 0) is 32.3 Å².